The van der Waals surface area contributed by atoms with Crippen molar-refractivity contribution in [3.63, 3.8) is 0 Å². The van der Waals surface area contributed by atoms with E-state index < -0.39 is 11.4 Å². The van der Waals surface area contributed by atoms with Crippen molar-refractivity contribution in [2.45, 2.75) is 56.2 Å². The third kappa shape index (κ3) is 4.93. The standard InChI is InChI=1S/C20H26ClN3O2S/c1-19(2,3)27(25)24-16(14-5-7-15(21)8-6-14)12-20(9-10-20)17-11-18(26-4)23-13-22-17/h5-8,11,13,16,24H,9-10,12H2,1-4H3/t16-,27-/m0/s1. The zero-order valence-corrected chi connectivity index (χ0v) is 17.7. The van der Waals surface area contributed by atoms with Gasteiger partial charge in [0.1, 0.15) is 11.1 Å². The van der Waals surface area contributed by atoms with Gasteiger partial charge in [-0.15, -0.1) is 4.72 Å². The summed E-state index contributed by atoms with van der Waals surface area (Å²) in [6.45, 7) is 5.91. The Morgan fingerprint density at radius 2 is 1.93 bits per heavy atom. The fourth-order valence-electron chi connectivity index (χ4n) is 3.08. The van der Waals surface area contributed by atoms with Gasteiger partial charge in [0.05, 0.1) is 18.8 Å². The number of ether oxygens (including phenoxy) is 1. The molecular formula is C20H26ClN3O2S. The van der Waals surface area contributed by atoms with Crippen LogP contribution < -0.4 is 9.46 Å². The van der Waals surface area contributed by atoms with Crippen molar-refractivity contribution < 1.29 is 9.29 Å². The Balaban J connectivity index is 1.87. The number of halogens is 1. The molecule has 5 nitrogen and oxygen atoms in total. The number of methoxy groups -OCH3 is 1. The van der Waals surface area contributed by atoms with Gasteiger partial charge in [-0.1, -0.05) is 23.7 Å². The SMILES string of the molecule is COc1cc(C2(C[C@H](N[S@@+]([O-])C(C)(C)C)c3ccc(Cl)cc3)CC2)ncn1. The van der Waals surface area contributed by atoms with Crippen LogP contribution in [0.15, 0.2) is 36.7 Å². The Labute approximate surface area is 169 Å². The van der Waals surface area contributed by atoms with Crippen LogP contribution in [-0.4, -0.2) is 26.4 Å². The van der Waals surface area contributed by atoms with E-state index in [-0.39, 0.29) is 16.2 Å². The highest BCUT2D eigenvalue weighted by Gasteiger charge is 2.48. The predicted molar refractivity (Wildman–Crippen MR) is 109 cm³/mol. The van der Waals surface area contributed by atoms with Crippen LogP contribution in [0.1, 0.15) is 57.3 Å². The monoisotopic (exact) mass is 407 g/mol. The first-order valence-electron chi connectivity index (χ1n) is 9.03. The maximum absolute atomic E-state index is 12.8. The molecule has 1 saturated carbocycles. The molecule has 1 N–H and O–H groups in total. The Morgan fingerprint density at radius 1 is 1.26 bits per heavy atom. The van der Waals surface area contributed by atoms with Crippen LogP contribution in [0.3, 0.4) is 0 Å². The third-order valence-corrected chi connectivity index (χ3v) is 6.78. The minimum Gasteiger partial charge on any atom is -0.598 e. The lowest BCUT2D eigenvalue weighted by Gasteiger charge is -2.30. The van der Waals surface area contributed by atoms with E-state index in [1.807, 2.05) is 51.1 Å². The number of rotatable bonds is 7. The molecule has 7 heteroatoms. The van der Waals surface area contributed by atoms with Crippen LogP contribution in [-0.2, 0) is 16.8 Å². The number of hydrogen-bond donors (Lipinski definition) is 1. The van der Waals surface area contributed by atoms with E-state index in [0.717, 1.165) is 30.5 Å². The van der Waals surface area contributed by atoms with Crippen molar-refractivity contribution in [2.75, 3.05) is 7.11 Å². The van der Waals surface area contributed by atoms with E-state index in [1.165, 1.54) is 0 Å². The summed E-state index contributed by atoms with van der Waals surface area (Å²) in [5, 5.41) is 0.691. The molecule has 0 amide bonds. The second-order valence-corrected chi connectivity index (χ2v) is 10.5. The van der Waals surface area contributed by atoms with Crippen LogP contribution in [0.2, 0.25) is 5.02 Å². The molecule has 0 unspecified atom stereocenters. The van der Waals surface area contributed by atoms with Gasteiger partial charge in [0, 0.05) is 27.9 Å². The number of nitrogens with one attached hydrogen (secondary N) is 1. The average Bonchev–Trinajstić information content (AvgIpc) is 3.42. The van der Waals surface area contributed by atoms with Gasteiger partial charge in [0.15, 0.2) is 0 Å². The summed E-state index contributed by atoms with van der Waals surface area (Å²) in [5.41, 5.74) is 2.01. The normalized spacial score (nSPS) is 18.0. The zero-order chi connectivity index (χ0) is 19.7. The van der Waals surface area contributed by atoms with Gasteiger partial charge in [-0.2, -0.15) is 0 Å². The topological polar surface area (TPSA) is 70.1 Å². The van der Waals surface area contributed by atoms with Crippen molar-refractivity contribution >= 4 is 23.0 Å². The van der Waals surface area contributed by atoms with Gasteiger partial charge in [-0.05, 0) is 57.7 Å². The molecule has 146 valence electrons. The molecule has 2 aromatic rings. The second kappa shape index (κ2) is 7.95. The molecule has 0 radical (unpaired) electrons. The lowest BCUT2D eigenvalue weighted by Crippen LogP contribution is -2.42. The Morgan fingerprint density at radius 3 is 2.48 bits per heavy atom. The van der Waals surface area contributed by atoms with Gasteiger partial charge < -0.3 is 9.29 Å². The molecular weight excluding hydrogens is 382 g/mol. The summed E-state index contributed by atoms with van der Waals surface area (Å²) < 4.78 is 21.0. The summed E-state index contributed by atoms with van der Waals surface area (Å²) in [4.78, 5) is 8.61. The quantitative estimate of drug-likeness (QED) is 0.690. The molecule has 1 aliphatic rings. The maximum Gasteiger partial charge on any atom is 0.216 e. The lowest BCUT2D eigenvalue weighted by molar-refractivity contribution is 0.393. The van der Waals surface area contributed by atoms with Crippen LogP contribution >= 0.6 is 11.6 Å². The van der Waals surface area contributed by atoms with E-state index >= 15 is 0 Å². The summed E-state index contributed by atoms with van der Waals surface area (Å²) in [6, 6.07) is 9.59. The molecule has 1 heterocycles. The predicted octanol–water partition coefficient (Wildman–Crippen LogP) is 4.35. The first-order chi connectivity index (χ1) is 12.7. The van der Waals surface area contributed by atoms with Crippen molar-refractivity contribution in [3.05, 3.63) is 52.9 Å². The molecule has 0 saturated heterocycles. The van der Waals surface area contributed by atoms with Gasteiger partial charge in [0.2, 0.25) is 5.88 Å². The molecule has 1 aromatic heterocycles. The summed E-state index contributed by atoms with van der Waals surface area (Å²) in [6.07, 6.45) is 4.44. The Kier molecular flexibility index (Phi) is 6.01. The van der Waals surface area contributed by atoms with Crippen LogP contribution in [0.4, 0.5) is 0 Å². The molecule has 0 aliphatic heterocycles. The molecule has 0 spiro atoms. The number of hydrogen-bond acceptors (Lipinski definition) is 5. The van der Waals surface area contributed by atoms with Gasteiger partial charge in [0.25, 0.3) is 0 Å². The van der Waals surface area contributed by atoms with Crippen molar-refractivity contribution in [2.24, 2.45) is 0 Å². The van der Waals surface area contributed by atoms with Crippen LogP contribution in [0.5, 0.6) is 5.88 Å². The molecule has 1 aromatic carbocycles. The molecule has 1 fully saturated rings. The highest BCUT2D eigenvalue weighted by molar-refractivity contribution is 7.90. The van der Waals surface area contributed by atoms with E-state index in [1.54, 1.807) is 13.4 Å². The smallest absolute Gasteiger partial charge is 0.216 e. The second-order valence-electron chi connectivity index (χ2n) is 8.03. The molecule has 0 bridgehead atoms. The lowest BCUT2D eigenvalue weighted by atomic mass is 9.90. The molecule has 2 atom stereocenters. The maximum atomic E-state index is 12.8. The zero-order valence-electron chi connectivity index (χ0n) is 16.2. The largest absolute Gasteiger partial charge is 0.598 e. The molecule has 27 heavy (non-hydrogen) atoms. The average molecular weight is 408 g/mol. The Hall–Kier alpha value is -1.34. The van der Waals surface area contributed by atoms with Crippen LogP contribution in [0.25, 0.3) is 0 Å². The van der Waals surface area contributed by atoms with Gasteiger partial charge in [-0.3, -0.25) is 0 Å². The van der Waals surface area contributed by atoms with E-state index in [2.05, 4.69) is 14.7 Å². The van der Waals surface area contributed by atoms with Crippen molar-refractivity contribution in [3.8, 4) is 5.88 Å². The van der Waals surface area contributed by atoms with Crippen molar-refractivity contribution in [1.29, 1.82) is 0 Å². The summed E-state index contributed by atoms with van der Waals surface area (Å²) in [7, 11) is 1.61. The van der Waals surface area contributed by atoms with E-state index in [9.17, 15) is 4.55 Å². The Bertz CT molecular complexity index is 776. The van der Waals surface area contributed by atoms with E-state index in [0.29, 0.717) is 10.9 Å². The number of aromatic nitrogens is 2. The third-order valence-electron chi connectivity index (χ3n) is 4.92. The summed E-state index contributed by atoms with van der Waals surface area (Å²) >= 11 is 4.88. The van der Waals surface area contributed by atoms with Crippen LogP contribution in [0, 0.1) is 0 Å². The highest BCUT2D eigenvalue weighted by atomic mass is 35.5. The first kappa shape index (κ1) is 20.4. The van der Waals surface area contributed by atoms with Gasteiger partial charge in [-0.25, -0.2) is 9.97 Å². The fraction of sp³-hybridized carbons (Fsp3) is 0.500. The first-order valence-corrected chi connectivity index (χ1v) is 10.6. The number of benzene rings is 1. The molecule has 1 aliphatic carbocycles. The fourth-order valence-corrected chi connectivity index (χ4v) is 4.03. The summed E-state index contributed by atoms with van der Waals surface area (Å²) in [5.74, 6) is 0.570. The number of nitrogens with zero attached hydrogens (tertiary/aromatic N) is 2. The highest BCUT2D eigenvalue weighted by Crippen LogP contribution is 2.53. The van der Waals surface area contributed by atoms with E-state index in [4.69, 9.17) is 16.3 Å². The van der Waals surface area contributed by atoms with Gasteiger partial charge >= 0.3 is 0 Å². The minimum absolute atomic E-state index is 0.0460. The van der Waals surface area contributed by atoms with Crippen molar-refractivity contribution in [1.82, 2.24) is 14.7 Å². The minimum atomic E-state index is -1.18. The molecule has 3 rings (SSSR count).